The Morgan fingerprint density at radius 2 is 1.74 bits per heavy atom. The van der Waals surface area contributed by atoms with Crippen molar-refractivity contribution in [2.45, 2.75) is 44.9 Å². The summed E-state index contributed by atoms with van der Waals surface area (Å²) in [6, 6.07) is 19.8. The van der Waals surface area contributed by atoms with Crippen LogP contribution in [0.1, 0.15) is 42.2 Å². The third-order valence-electron chi connectivity index (χ3n) is 6.00. The second-order valence-electron chi connectivity index (χ2n) is 9.71. The molecule has 2 atom stereocenters. The summed E-state index contributed by atoms with van der Waals surface area (Å²) in [5.74, 6) is 0.487. The van der Waals surface area contributed by atoms with E-state index in [1.165, 1.54) is 12.1 Å². The van der Waals surface area contributed by atoms with Crippen LogP contribution in [-0.4, -0.2) is 44.1 Å². The Bertz CT molecular complexity index is 1270. The van der Waals surface area contributed by atoms with E-state index >= 15 is 0 Å². The van der Waals surface area contributed by atoms with E-state index in [1.54, 1.807) is 13.2 Å². The van der Waals surface area contributed by atoms with Gasteiger partial charge in [-0.2, -0.15) is 0 Å². The number of amides is 1. The number of phenols is 1. The number of hydrogen-bond donors (Lipinski definition) is 6. The zero-order valence-corrected chi connectivity index (χ0v) is 22.5. The van der Waals surface area contributed by atoms with Gasteiger partial charge in [-0.25, -0.2) is 4.21 Å². The van der Waals surface area contributed by atoms with Crippen molar-refractivity contribution in [1.29, 1.82) is 0 Å². The van der Waals surface area contributed by atoms with Gasteiger partial charge < -0.3 is 25.6 Å². The molecule has 1 amide bonds. The Labute approximate surface area is 225 Å². The summed E-state index contributed by atoms with van der Waals surface area (Å²) >= 11 is -2.34. The van der Waals surface area contributed by atoms with Gasteiger partial charge in [0.15, 0.2) is 0 Å². The quantitative estimate of drug-likeness (QED) is 0.144. The normalized spacial score (nSPS) is 13.0. The number of aliphatic hydroxyl groups excluding tert-OH is 1. The monoisotopic (exact) mass is 541 g/mol. The van der Waals surface area contributed by atoms with E-state index in [-0.39, 0.29) is 35.8 Å². The average Bonchev–Trinajstić information content (AvgIpc) is 2.87. The fourth-order valence-electron chi connectivity index (χ4n) is 4.08. The van der Waals surface area contributed by atoms with Crippen molar-refractivity contribution in [3.63, 3.8) is 0 Å². The van der Waals surface area contributed by atoms with Crippen molar-refractivity contribution >= 4 is 22.9 Å². The van der Waals surface area contributed by atoms with E-state index in [0.717, 1.165) is 22.4 Å². The first-order chi connectivity index (χ1) is 18.0. The van der Waals surface area contributed by atoms with Crippen LogP contribution < -0.4 is 20.1 Å². The Balaban J connectivity index is 1.53. The summed E-state index contributed by atoms with van der Waals surface area (Å²) in [7, 11) is 1.61. The number of rotatable bonds is 13. The summed E-state index contributed by atoms with van der Waals surface area (Å²) in [5.41, 5.74) is 3.10. The van der Waals surface area contributed by atoms with Crippen LogP contribution in [0, 0.1) is 0 Å². The Morgan fingerprint density at radius 3 is 2.47 bits per heavy atom. The van der Waals surface area contributed by atoms with Crippen LogP contribution in [0.5, 0.6) is 11.5 Å². The number of ether oxygens (including phenoxy) is 1. The van der Waals surface area contributed by atoms with Crippen molar-refractivity contribution in [2.75, 3.05) is 18.4 Å². The summed E-state index contributed by atoms with van der Waals surface area (Å²) in [6.07, 6.45) is 0.0210. The molecule has 3 aromatic rings. The minimum Gasteiger partial charge on any atom is -0.506 e. The molecule has 204 valence electrons. The van der Waals surface area contributed by atoms with Crippen LogP contribution >= 0.6 is 0 Å². The van der Waals surface area contributed by atoms with Gasteiger partial charge in [0.2, 0.25) is 5.91 Å². The highest BCUT2D eigenvalue weighted by atomic mass is 32.2. The molecule has 0 aliphatic rings. The lowest BCUT2D eigenvalue weighted by atomic mass is 9.93. The molecule has 38 heavy (non-hydrogen) atoms. The molecule has 0 aromatic heterocycles. The van der Waals surface area contributed by atoms with E-state index in [9.17, 15) is 19.2 Å². The number of carbonyl (C=O) groups is 1. The molecule has 10 heteroatoms. The molecular formula is C28H35N3O6S. The number of carbonyl (C=O) groups excluding carboxylic acids is 1. The molecule has 0 spiro atoms. The summed E-state index contributed by atoms with van der Waals surface area (Å²) in [5, 5.41) is 26.8. The molecule has 0 saturated heterocycles. The SMILES string of the molecule is COc1cccc(CNC(=O)Cc2cccc(CC(C)(C)NC[C@H](O)c3ccc(O)c(NS(=O)O)c3)c2)c1. The van der Waals surface area contributed by atoms with Gasteiger partial charge in [-0.3, -0.25) is 14.1 Å². The first-order valence-corrected chi connectivity index (χ1v) is 13.3. The molecule has 1 unspecified atom stereocenters. The number of methoxy groups -OCH3 is 1. The van der Waals surface area contributed by atoms with Crippen LogP contribution in [0.25, 0.3) is 0 Å². The summed E-state index contributed by atoms with van der Waals surface area (Å²) < 4.78 is 27.5. The summed E-state index contributed by atoms with van der Waals surface area (Å²) in [4.78, 5) is 12.5. The highest BCUT2D eigenvalue weighted by Gasteiger charge is 2.21. The smallest absolute Gasteiger partial charge is 0.259 e. The number of aromatic hydroxyl groups is 1. The molecule has 0 bridgehead atoms. The third kappa shape index (κ3) is 9.14. The Hall–Kier alpha value is -3.44. The van der Waals surface area contributed by atoms with E-state index in [2.05, 4.69) is 15.4 Å². The van der Waals surface area contributed by atoms with Crippen molar-refractivity contribution in [3.8, 4) is 11.5 Å². The van der Waals surface area contributed by atoms with Gasteiger partial charge in [-0.05, 0) is 66.8 Å². The molecule has 0 saturated carbocycles. The highest BCUT2D eigenvalue weighted by Crippen LogP contribution is 2.27. The number of benzene rings is 3. The maximum atomic E-state index is 12.5. The molecule has 0 radical (unpaired) electrons. The summed E-state index contributed by atoms with van der Waals surface area (Å²) in [6.45, 7) is 4.69. The minimum atomic E-state index is -2.34. The van der Waals surface area contributed by atoms with Crippen molar-refractivity contribution in [1.82, 2.24) is 10.6 Å². The second kappa shape index (κ2) is 13.4. The third-order valence-corrected chi connectivity index (χ3v) is 6.40. The predicted molar refractivity (Wildman–Crippen MR) is 148 cm³/mol. The van der Waals surface area contributed by atoms with Crippen LogP contribution in [0.4, 0.5) is 5.69 Å². The largest absolute Gasteiger partial charge is 0.506 e. The predicted octanol–water partition coefficient (Wildman–Crippen LogP) is 3.45. The standard InChI is InChI=1S/C28H35N3O6S/c1-28(2,30-18-26(33)22-10-11-25(32)24(15-22)31-38(35)36)16-20-7-4-6-19(12-20)14-27(34)29-17-21-8-5-9-23(13-21)37-3/h4-13,15,26,30-33H,14,16-18H2,1-3H3,(H,29,34)(H,35,36)/t26-/m0/s1. The second-order valence-corrected chi connectivity index (χ2v) is 10.4. The number of aliphatic hydroxyl groups is 1. The van der Waals surface area contributed by atoms with Crippen molar-refractivity contribution in [3.05, 3.63) is 89.0 Å². The lowest BCUT2D eigenvalue weighted by Crippen LogP contribution is -2.43. The molecule has 0 aliphatic carbocycles. The molecule has 6 N–H and O–H groups in total. The first-order valence-electron chi connectivity index (χ1n) is 12.2. The molecule has 9 nitrogen and oxygen atoms in total. The van der Waals surface area contributed by atoms with Gasteiger partial charge >= 0.3 is 0 Å². The maximum absolute atomic E-state index is 12.5. The average molecular weight is 542 g/mol. The Kier molecular flexibility index (Phi) is 10.3. The van der Waals surface area contributed by atoms with Gasteiger partial charge in [0.1, 0.15) is 11.5 Å². The van der Waals surface area contributed by atoms with E-state index < -0.39 is 17.4 Å². The molecule has 0 fully saturated rings. The zero-order chi connectivity index (χ0) is 27.7. The molecular weight excluding hydrogens is 506 g/mol. The van der Waals surface area contributed by atoms with Crippen molar-refractivity contribution < 1.29 is 28.5 Å². The van der Waals surface area contributed by atoms with E-state index in [1.807, 2.05) is 62.4 Å². The van der Waals surface area contributed by atoms with E-state index in [0.29, 0.717) is 18.5 Å². The molecule has 0 heterocycles. The zero-order valence-electron chi connectivity index (χ0n) is 21.7. The molecule has 3 rings (SSSR count). The van der Waals surface area contributed by atoms with Crippen LogP contribution in [0.15, 0.2) is 66.7 Å². The van der Waals surface area contributed by atoms with Gasteiger partial charge in [-0.1, -0.05) is 42.5 Å². The number of phenolic OH excluding ortho intramolecular Hbond substituents is 1. The van der Waals surface area contributed by atoms with E-state index in [4.69, 9.17) is 9.29 Å². The number of anilines is 1. The van der Waals surface area contributed by atoms with Gasteiger partial charge in [0.05, 0.1) is 25.3 Å². The molecule has 0 aliphatic heterocycles. The first kappa shape index (κ1) is 29.1. The number of nitrogens with one attached hydrogen (secondary N) is 3. The fourth-order valence-corrected chi connectivity index (χ4v) is 4.43. The number of β-amino-alcohol motifs (C(OH)–C–C–N with tert-alkyl or cyclic N) is 1. The lowest BCUT2D eigenvalue weighted by Gasteiger charge is -2.28. The highest BCUT2D eigenvalue weighted by molar-refractivity contribution is 7.80. The van der Waals surface area contributed by atoms with Crippen LogP contribution in [0.3, 0.4) is 0 Å². The lowest BCUT2D eigenvalue weighted by molar-refractivity contribution is -0.120. The van der Waals surface area contributed by atoms with Gasteiger partial charge in [0.25, 0.3) is 11.3 Å². The Morgan fingerprint density at radius 1 is 1.03 bits per heavy atom. The van der Waals surface area contributed by atoms with Gasteiger partial charge in [-0.15, -0.1) is 0 Å². The van der Waals surface area contributed by atoms with Crippen LogP contribution in [-0.2, 0) is 35.4 Å². The van der Waals surface area contributed by atoms with Gasteiger partial charge in [0, 0.05) is 18.6 Å². The number of hydrogen-bond acceptors (Lipinski definition) is 6. The topological polar surface area (TPSA) is 140 Å². The van der Waals surface area contributed by atoms with Crippen LogP contribution in [0.2, 0.25) is 0 Å². The van der Waals surface area contributed by atoms with Crippen molar-refractivity contribution in [2.24, 2.45) is 0 Å². The molecule has 3 aromatic carbocycles. The fraction of sp³-hybridized carbons (Fsp3) is 0.321. The maximum Gasteiger partial charge on any atom is 0.259 e. The minimum absolute atomic E-state index is 0.0611.